The topological polar surface area (TPSA) is 24.9 Å². The molecule has 1 aromatic heterocycles. The highest BCUT2D eigenvalue weighted by atomic mass is 35.5. The molecule has 0 saturated carbocycles. The van der Waals surface area contributed by atoms with Gasteiger partial charge in [0, 0.05) is 12.2 Å². The Morgan fingerprint density at radius 2 is 2.05 bits per heavy atom. The largest absolute Gasteiger partial charge is 0.380 e. The molecule has 0 saturated heterocycles. The van der Waals surface area contributed by atoms with Gasteiger partial charge < -0.3 is 5.32 Å². The number of nitrogens with one attached hydrogen (secondary N) is 1. The summed E-state index contributed by atoms with van der Waals surface area (Å²) in [6, 6.07) is 11.0. The van der Waals surface area contributed by atoms with Crippen LogP contribution in [0, 0.1) is 13.8 Å². The number of hydrogen-bond donors (Lipinski definition) is 1. The molecule has 0 amide bonds. The number of hydrogen-bond acceptors (Lipinski definition) is 2. The number of aryl methyl sites for hydroxylation is 3. The third-order valence-corrected chi connectivity index (χ3v) is 3.74. The summed E-state index contributed by atoms with van der Waals surface area (Å²) in [6.45, 7) is 6.35. The molecule has 1 atom stereocenters. The molecule has 1 aromatic carbocycles. The van der Waals surface area contributed by atoms with E-state index < -0.39 is 0 Å². The maximum atomic E-state index is 6.14. The van der Waals surface area contributed by atoms with Crippen molar-refractivity contribution in [2.75, 3.05) is 5.32 Å². The van der Waals surface area contributed by atoms with Crippen molar-refractivity contribution in [3.05, 3.63) is 58.4 Å². The maximum absolute atomic E-state index is 6.14. The lowest BCUT2D eigenvalue weighted by molar-refractivity contribution is 0.705. The number of halogens is 1. The minimum absolute atomic E-state index is 0.357. The molecular formula is C17H21ClN2. The summed E-state index contributed by atoms with van der Waals surface area (Å²) >= 11 is 6.14. The third kappa shape index (κ3) is 3.97. The van der Waals surface area contributed by atoms with Gasteiger partial charge in [0.25, 0.3) is 0 Å². The van der Waals surface area contributed by atoms with Crippen LogP contribution in [0.5, 0.6) is 0 Å². The molecule has 0 radical (unpaired) electrons. The van der Waals surface area contributed by atoms with Crippen LogP contribution in [-0.2, 0) is 6.42 Å². The second-order valence-electron chi connectivity index (χ2n) is 5.37. The van der Waals surface area contributed by atoms with Crippen LogP contribution in [-0.4, -0.2) is 11.0 Å². The lowest BCUT2D eigenvalue weighted by Crippen LogP contribution is -2.17. The summed E-state index contributed by atoms with van der Waals surface area (Å²) in [6.07, 6.45) is 3.86. The van der Waals surface area contributed by atoms with Crippen LogP contribution < -0.4 is 5.32 Å². The Morgan fingerprint density at radius 3 is 2.75 bits per heavy atom. The average Bonchev–Trinajstić information content (AvgIpc) is 2.41. The van der Waals surface area contributed by atoms with Gasteiger partial charge in [-0.25, -0.2) is 4.98 Å². The first-order valence-electron chi connectivity index (χ1n) is 6.99. The van der Waals surface area contributed by atoms with Gasteiger partial charge >= 0.3 is 0 Å². The van der Waals surface area contributed by atoms with Gasteiger partial charge in [-0.2, -0.15) is 0 Å². The molecule has 20 heavy (non-hydrogen) atoms. The second kappa shape index (κ2) is 6.76. The molecule has 1 heterocycles. The molecule has 1 N–H and O–H groups in total. The zero-order chi connectivity index (χ0) is 14.5. The summed E-state index contributed by atoms with van der Waals surface area (Å²) in [5, 5.41) is 4.02. The molecule has 2 nitrogen and oxygen atoms in total. The molecule has 2 aromatic rings. The van der Waals surface area contributed by atoms with Crippen LogP contribution in [0.3, 0.4) is 0 Å². The maximum Gasteiger partial charge on any atom is 0.152 e. The van der Waals surface area contributed by atoms with Gasteiger partial charge in [-0.3, -0.25) is 0 Å². The van der Waals surface area contributed by atoms with Crippen molar-refractivity contribution in [1.29, 1.82) is 0 Å². The summed E-state index contributed by atoms with van der Waals surface area (Å²) in [5.41, 5.74) is 4.78. The van der Waals surface area contributed by atoms with Gasteiger partial charge in [0.15, 0.2) is 5.15 Å². The van der Waals surface area contributed by atoms with E-state index in [4.69, 9.17) is 11.6 Å². The van der Waals surface area contributed by atoms with Gasteiger partial charge in [-0.1, -0.05) is 41.4 Å². The number of aromatic nitrogens is 1. The first-order valence-corrected chi connectivity index (χ1v) is 7.37. The van der Waals surface area contributed by atoms with Gasteiger partial charge in [0.1, 0.15) is 0 Å². The molecule has 106 valence electrons. The molecule has 0 aliphatic carbocycles. The fraction of sp³-hybridized carbons (Fsp3) is 0.353. The zero-order valence-corrected chi connectivity index (χ0v) is 13.0. The van der Waals surface area contributed by atoms with Crippen molar-refractivity contribution in [1.82, 2.24) is 4.98 Å². The van der Waals surface area contributed by atoms with Crippen molar-refractivity contribution >= 4 is 17.3 Å². The summed E-state index contributed by atoms with van der Waals surface area (Å²) in [5.74, 6) is 0. The number of rotatable bonds is 5. The van der Waals surface area contributed by atoms with Crippen molar-refractivity contribution < 1.29 is 0 Å². The van der Waals surface area contributed by atoms with E-state index in [1.165, 1.54) is 11.1 Å². The van der Waals surface area contributed by atoms with Gasteiger partial charge in [-0.05, 0) is 50.8 Å². The van der Waals surface area contributed by atoms with Gasteiger partial charge in [0.05, 0.1) is 5.69 Å². The zero-order valence-electron chi connectivity index (χ0n) is 12.3. The minimum atomic E-state index is 0.357. The highest BCUT2D eigenvalue weighted by molar-refractivity contribution is 6.32. The molecule has 3 heteroatoms. The van der Waals surface area contributed by atoms with E-state index in [9.17, 15) is 0 Å². The number of pyridine rings is 1. The number of benzene rings is 1. The third-order valence-electron chi connectivity index (χ3n) is 3.45. The van der Waals surface area contributed by atoms with Crippen molar-refractivity contribution in [2.45, 2.75) is 39.7 Å². The molecular weight excluding hydrogens is 268 g/mol. The summed E-state index contributed by atoms with van der Waals surface area (Å²) < 4.78 is 0. The van der Waals surface area contributed by atoms with Crippen LogP contribution in [0.25, 0.3) is 0 Å². The van der Waals surface area contributed by atoms with E-state index in [1.54, 1.807) is 6.20 Å². The van der Waals surface area contributed by atoms with E-state index >= 15 is 0 Å². The quantitative estimate of drug-likeness (QED) is 0.801. The first-order chi connectivity index (χ1) is 9.56. The first kappa shape index (κ1) is 14.9. The van der Waals surface area contributed by atoms with E-state index in [2.05, 4.69) is 48.4 Å². The van der Waals surface area contributed by atoms with Crippen LogP contribution in [0.15, 0.2) is 36.5 Å². The molecule has 0 bridgehead atoms. The lowest BCUT2D eigenvalue weighted by Gasteiger charge is -2.17. The number of nitrogens with zero attached hydrogens (tertiary/aromatic N) is 1. The van der Waals surface area contributed by atoms with Crippen LogP contribution in [0.2, 0.25) is 5.15 Å². The molecule has 2 rings (SSSR count). The molecule has 1 unspecified atom stereocenters. The van der Waals surface area contributed by atoms with Crippen LogP contribution >= 0.6 is 11.6 Å². The van der Waals surface area contributed by atoms with Crippen LogP contribution in [0.1, 0.15) is 30.0 Å². The predicted octanol–water partition coefficient (Wildman–Crippen LogP) is 4.79. The Kier molecular flexibility index (Phi) is 5.02. The standard InChI is InChI=1S/C17H21ClN2/c1-12-5-4-6-15(11-12)8-7-14(3)20-16-13(2)9-10-19-17(16)18/h4-6,9-11,14,20H,7-8H2,1-3H3. The fourth-order valence-corrected chi connectivity index (χ4v) is 2.53. The lowest BCUT2D eigenvalue weighted by atomic mass is 10.0. The van der Waals surface area contributed by atoms with Gasteiger partial charge in [0.2, 0.25) is 0 Å². The van der Waals surface area contributed by atoms with E-state index in [-0.39, 0.29) is 0 Å². The molecule has 0 aliphatic heterocycles. The summed E-state index contributed by atoms with van der Waals surface area (Å²) in [4.78, 5) is 4.13. The SMILES string of the molecule is Cc1cccc(CCC(C)Nc2c(C)ccnc2Cl)c1. The van der Waals surface area contributed by atoms with E-state index in [0.29, 0.717) is 11.2 Å². The van der Waals surface area contributed by atoms with E-state index in [0.717, 1.165) is 24.1 Å². The monoisotopic (exact) mass is 288 g/mol. The minimum Gasteiger partial charge on any atom is -0.380 e. The molecule has 0 spiro atoms. The highest BCUT2D eigenvalue weighted by Crippen LogP contribution is 2.24. The Bertz CT molecular complexity index is 561. The Morgan fingerprint density at radius 1 is 1.25 bits per heavy atom. The van der Waals surface area contributed by atoms with Crippen molar-refractivity contribution in [3.63, 3.8) is 0 Å². The average molecular weight is 289 g/mol. The Labute approximate surface area is 126 Å². The van der Waals surface area contributed by atoms with Crippen LogP contribution in [0.4, 0.5) is 5.69 Å². The van der Waals surface area contributed by atoms with Gasteiger partial charge in [-0.15, -0.1) is 0 Å². The smallest absolute Gasteiger partial charge is 0.152 e. The number of anilines is 1. The molecule has 0 fully saturated rings. The Hall–Kier alpha value is -1.54. The van der Waals surface area contributed by atoms with Crippen molar-refractivity contribution in [2.24, 2.45) is 0 Å². The summed E-state index contributed by atoms with van der Waals surface area (Å²) in [7, 11) is 0. The highest BCUT2D eigenvalue weighted by Gasteiger charge is 2.09. The Balaban J connectivity index is 1.94. The van der Waals surface area contributed by atoms with Crippen molar-refractivity contribution in [3.8, 4) is 0 Å². The predicted molar refractivity (Wildman–Crippen MR) is 86.6 cm³/mol. The van der Waals surface area contributed by atoms with E-state index in [1.807, 2.05) is 13.0 Å². The second-order valence-corrected chi connectivity index (χ2v) is 5.72. The molecule has 0 aliphatic rings. The fourth-order valence-electron chi connectivity index (χ4n) is 2.27. The normalized spacial score (nSPS) is 12.2.